The molecule has 3 aromatic rings. The molecule has 25 heavy (non-hydrogen) atoms. The lowest BCUT2D eigenvalue weighted by molar-refractivity contribution is 0.102. The number of methoxy groups -OCH3 is 1. The summed E-state index contributed by atoms with van der Waals surface area (Å²) in [5.41, 5.74) is 0.834. The number of anilines is 1. The summed E-state index contributed by atoms with van der Waals surface area (Å²) in [7, 11) is 1.57. The lowest BCUT2D eigenvalue weighted by Crippen LogP contribution is -2.14. The summed E-state index contributed by atoms with van der Waals surface area (Å²) in [6.07, 6.45) is 4.87. The predicted molar refractivity (Wildman–Crippen MR) is 91.5 cm³/mol. The minimum Gasteiger partial charge on any atom is -0.471 e. The lowest BCUT2D eigenvalue weighted by atomic mass is 10.3. The van der Waals surface area contributed by atoms with Crippen molar-refractivity contribution >= 4 is 23.2 Å². The van der Waals surface area contributed by atoms with Crippen molar-refractivity contribution in [1.29, 1.82) is 0 Å². The fraction of sp³-hybridized carbons (Fsp3) is 0.188. The van der Waals surface area contributed by atoms with E-state index >= 15 is 0 Å². The van der Waals surface area contributed by atoms with E-state index in [1.165, 1.54) is 10.9 Å². The molecule has 2 aromatic heterocycles. The molecule has 2 heterocycles. The van der Waals surface area contributed by atoms with E-state index in [4.69, 9.17) is 21.1 Å². The van der Waals surface area contributed by atoms with Gasteiger partial charge in [-0.25, -0.2) is 9.36 Å². The first-order valence-electron chi connectivity index (χ1n) is 7.38. The largest absolute Gasteiger partial charge is 0.471 e. The summed E-state index contributed by atoms with van der Waals surface area (Å²) in [6.45, 7) is 0.477. The zero-order chi connectivity index (χ0) is 17.6. The molecule has 1 N–H and O–H groups in total. The molecule has 9 heteroatoms. The van der Waals surface area contributed by atoms with E-state index < -0.39 is 0 Å². The van der Waals surface area contributed by atoms with Crippen LogP contribution in [-0.2, 0) is 18.2 Å². The van der Waals surface area contributed by atoms with Gasteiger partial charge in [0.1, 0.15) is 12.5 Å². The van der Waals surface area contributed by atoms with Crippen LogP contribution in [0.15, 0.2) is 48.9 Å². The van der Waals surface area contributed by atoms with Gasteiger partial charge in [-0.1, -0.05) is 17.7 Å². The second-order valence-corrected chi connectivity index (χ2v) is 5.55. The summed E-state index contributed by atoms with van der Waals surface area (Å²) in [5, 5.41) is 11.5. The van der Waals surface area contributed by atoms with E-state index in [1.54, 1.807) is 54.5 Å². The molecule has 1 aromatic carbocycles. The molecule has 0 saturated heterocycles. The number of carbonyl (C=O) groups is 1. The number of benzene rings is 1. The average molecular weight is 362 g/mol. The summed E-state index contributed by atoms with van der Waals surface area (Å²) < 4.78 is 13.6. The minimum atomic E-state index is -0.335. The maximum Gasteiger partial charge on any atom is 0.276 e. The van der Waals surface area contributed by atoms with Gasteiger partial charge in [0.15, 0.2) is 12.4 Å². The molecule has 0 saturated carbocycles. The summed E-state index contributed by atoms with van der Waals surface area (Å²) in [6, 6.07) is 8.66. The molecule has 0 radical (unpaired) electrons. The van der Waals surface area contributed by atoms with Crippen LogP contribution in [0.4, 0.5) is 5.69 Å². The van der Waals surface area contributed by atoms with Crippen LogP contribution < -0.4 is 10.1 Å². The highest BCUT2D eigenvalue weighted by atomic mass is 35.5. The van der Waals surface area contributed by atoms with Crippen molar-refractivity contribution < 1.29 is 14.3 Å². The third-order valence-corrected chi connectivity index (χ3v) is 3.42. The molecule has 0 aliphatic carbocycles. The fourth-order valence-corrected chi connectivity index (χ4v) is 2.26. The third kappa shape index (κ3) is 4.59. The van der Waals surface area contributed by atoms with Gasteiger partial charge in [0.25, 0.3) is 5.91 Å². The Morgan fingerprint density at radius 1 is 1.28 bits per heavy atom. The van der Waals surface area contributed by atoms with Gasteiger partial charge < -0.3 is 14.8 Å². The van der Waals surface area contributed by atoms with Crippen molar-refractivity contribution in [1.82, 2.24) is 19.6 Å². The van der Waals surface area contributed by atoms with Gasteiger partial charge in [-0.3, -0.25) is 4.79 Å². The summed E-state index contributed by atoms with van der Waals surface area (Å²) in [4.78, 5) is 12.2. The Morgan fingerprint density at radius 2 is 2.16 bits per heavy atom. The number of ether oxygens (including phenoxy) is 2. The molecule has 0 bridgehead atoms. The van der Waals surface area contributed by atoms with E-state index in [-0.39, 0.29) is 18.3 Å². The number of hydrogen-bond donors (Lipinski definition) is 1. The van der Waals surface area contributed by atoms with Gasteiger partial charge in [0, 0.05) is 18.3 Å². The van der Waals surface area contributed by atoms with E-state index in [2.05, 4.69) is 15.5 Å². The molecule has 3 rings (SSSR count). The van der Waals surface area contributed by atoms with Crippen molar-refractivity contribution in [2.75, 3.05) is 12.4 Å². The number of aromatic nitrogens is 4. The highest BCUT2D eigenvalue weighted by Crippen LogP contribution is 2.17. The molecule has 130 valence electrons. The minimum absolute atomic E-state index is 0.166. The zero-order valence-electron chi connectivity index (χ0n) is 13.4. The van der Waals surface area contributed by atoms with Crippen LogP contribution in [0.3, 0.4) is 0 Å². The number of carbonyl (C=O) groups excluding carboxylic acids is 1. The molecular weight excluding hydrogens is 346 g/mol. The van der Waals surface area contributed by atoms with Gasteiger partial charge in [0.2, 0.25) is 0 Å². The second kappa shape index (κ2) is 7.82. The van der Waals surface area contributed by atoms with Gasteiger partial charge in [-0.2, -0.15) is 10.2 Å². The second-order valence-electron chi connectivity index (χ2n) is 5.11. The molecule has 0 atom stereocenters. The average Bonchev–Trinajstić information content (AvgIpc) is 3.23. The zero-order valence-corrected chi connectivity index (χ0v) is 14.2. The van der Waals surface area contributed by atoms with Crippen LogP contribution in [0.5, 0.6) is 5.75 Å². The number of hydrogen-bond acceptors (Lipinski definition) is 5. The normalized spacial score (nSPS) is 10.6. The molecule has 0 spiro atoms. The van der Waals surface area contributed by atoms with Crippen LogP contribution in [0.1, 0.15) is 10.5 Å². The third-order valence-electron chi connectivity index (χ3n) is 3.19. The van der Waals surface area contributed by atoms with Crippen LogP contribution in [0, 0.1) is 0 Å². The molecule has 0 aliphatic heterocycles. The van der Waals surface area contributed by atoms with E-state index in [0.29, 0.717) is 23.2 Å². The molecule has 0 aliphatic rings. The monoisotopic (exact) mass is 361 g/mol. The van der Waals surface area contributed by atoms with Crippen LogP contribution in [0.2, 0.25) is 5.02 Å². The number of amides is 1. The SMILES string of the molecule is COCn1cc(NC(=O)c2ccn(COc3cccc(Cl)c3)n2)cn1. The Hall–Kier alpha value is -2.84. The Balaban J connectivity index is 1.57. The van der Waals surface area contributed by atoms with Crippen molar-refractivity contribution in [3.63, 3.8) is 0 Å². The number of halogens is 1. The van der Waals surface area contributed by atoms with Crippen molar-refractivity contribution in [2.45, 2.75) is 13.5 Å². The van der Waals surface area contributed by atoms with Crippen molar-refractivity contribution in [3.05, 3.63) is 59.6 Å². The lowest BCUT2D eigenvalue weighted by Gasteiger charge is -2.06. The van der Waals surface area contributed by atoms with Crippen LogP contribution in [-0.4, -0.2) is 32.6 Å². The van der Waals surface area contributed by atoms with Crippen LogP contribution in [0.25, 0.3) is 0 Å². The first-order valence-corrected chi connectivity index (χ1v) is 7.76. The first kappa shape index (κ1) is 17.0. The van der Waals surface area contributed by atoms with Crippen molar-refractivity contribution in [3.8, 4) is 5.75 Å². The van der Waals surface area contributed by atoms with E-state index in [0.717, 1.165) is 0 Å². The number of nitrogens with one attached hydrogen (secondary N) is 1. The van der Waals surface area contributed by atoms with Gasteiger partial charge in [-0.05, 0) is 24.3 Å². The standard InChI is InChI=1S/C16H16ClN5O3/c1-24-10-22-9-13(8-18-22)19-16(23)15-5-6-21(20-15)11-25-14-4-2-3-12(17)7-14/h2-9H,10-11H2,1H3,(H,19,23). The maximum absolute atomic E-state index is 12.2. The molecule has 0 unspecified atom stereocenters. The van der Waals surface area contributed by atoms with E-state index in [9.17, 15) is 4.79 Å². The number of nitrogens with zero attached hydrogens (tertiary/aromatic N) is 4. The highest BCUT2D eigenvalue weighted by Gasteiger charge is 2.11. The Kier molecular flexibility index (Phi) is 5.32. The smallest absolute Gasteiger partial charge is 0.276 e. The molecule has 8 nitrogen and oxygen atoms in total. The first-order chi connectivity index (χ1) is 12.1. The maximum atomic E-state index is 12.2. The van der Waals surface area contributed by atoms with E-state index in [1.807, 2.05) is 0 Å². The fourth-order valence-electron chi connectivity index (χ4n) is 2.08. The predicted octanol–water partition coefficient (Wildman–Crippen LogP) is 2.63. The molecule has 0 fully saturated rings. The van der Waals surface area contributed by atoms with Crippen molar-refractivity contribution in [2.24, 2.45) is 0 Å². The van der Waals surface area contributed by atoms with Gasteiger partial charge >= 0.3 is 0 Å². The Bertz CT molecular complexity index is 861. The molecular formula is C16H16ClN5O3. The quantitative estimate of drug-likeness (QED) is 0.699. The summed E-state index contributed by atoms with van der Waals surface area (Å²) >= 11 is 5.90. The topological polar surface area (TPSA) is 83.2 Å². The Labute approximate surface area is 148 Å². The highest BCUT2D eigenvalue weighted by molar-refractivity contribution is 6.30. The molecule has 1 amide bonds. The van der Waals surface area contributed by atoms with Crippen LogP contribution >= 0.6 is 11.6 Å². The summed E-state index contributed by atoms with van der Waals surface area (Å²) in [5.74, 6) is 0.290. The van der Waals surface area contributed by atoms with Gasteiger partial charge in [0.05, 0.1) is 18.1 Å². The Morgan fingerprint density at radius 3 is 2.96 bits per heavy atom. The van der Waals surface area contributed by atoms with Gasteiger partial charge in [-0.15, -0.1) is 0 Å². The number of rotatable bonds is 7.